The van der Waals surface area contributed by atoms with Gasteiger partial charge in [-0.25, -0.2) is 4.79 Å². The van der Waals surface area contributed by atoms with Crippen LogP contribution in [0.15, 0.2) is 48.5 Å². The molecule has 3 amide bonds. The first-order chi connectivity index (χ1) is 11.9. The lowest BCUT2D eigenvalue weighted by atomic mass is 10.0. The molecule has 0 aliphatic carbocycles. The second-order valence-corrected chi connectivity index (χ2v) is 6.31. The first-order valence-corrected chi connectivity index (χ1v) is 8.46. The van der Waals surface area contributed by atoms with Gasteiger partial charge < -0.3 is 5.32 Å². The summed E-state index contributed by atoms with van der Waals surface area (Å²) >= 11 is 12.2. The minimum atomic E-state index is -0.722. The van der Waals surface area contributed by atoms with Crippen molar-refractivity contribution in [1.29, 1.82) is 0 Å². The molecule has 132 valence electrons. The normalized spacial score (nSPS) is 13.0. The van der Waals surface area contributed by atoms with Crippen molar-refractivity contribution < 1.29 is 9.59 Å². The van der Waals surface area contributed by atoms with Crippen LogP contribution in [0.5, 0.6) is 0 Å². The van der Waals surface area contributed by atoms with Crippen molar-refractivity contribution >= 4 is 35.1 Å². The number of amides is 3. The van der Waals surface area contributed by atoms with Crippen LogP contribution in [0.1, 0.15) is 30.1 Å². The van der Waals surface area contributed by atoms with Gasteiger partial charge in [-0.15, -0.1) is 0 Å². The van der Waals surface area contributed by atoms with E-state index in [-0.39, 0.29) is 6.04 Å². The molecule has 0 bridgehead atoms. The average Bonchev–Trinajstić information content (AvgIpc) is 2.59. The van der Waals surface area contributed by atoms with Crippen molar-refractivity contribution in [2.45, 2.75) is 19.0 Å². The molecule has 0 spiro atoms. The Hall–Kier alpha value is -2.08. The third kappa shape index (κ3) is 5.19. The van der Waals surface area contributed by atoms with Crippen molar-refractivity contribution in [2.75, 3.05) is 7.05 Å². The van der Waals surface area contributed by atoms with Gasteiger partial charge >= 0.3 is 6.03 Å². The lowest BCUT2D eigenvalue weighted by Gasteiger charge is -2.24. The molecule has 0 aromatic heterocycles. The van der Waals surface area contributed by atoms with Crippen LogP contribution in [-0.2, 0) is 4.79 Å². The first-order valence-electron chi connectivity index (χ1n) is 7.71. The van der Waals surface area contributed by atoms with Gasteiger partial charge in [-0.1, -0.05) is 59.6 Å². The van der Waals surface area contributed by atoms with E-state index >= 15 is 0 Å². The Morgan fingerprint density at radius 1 is 1.04 bits per heavy atom. The average molecular weight is 380 g/mol. The molecular weight excluding hydrogens is 361 g/mol. The van der Waals surface area contributed by atoms with Crippen LogP contribution in [0.4, 0.5) is 4.79 Å². The fraction of sp³-hybridized carbons (Fsp3) is 0.222. The minimum Gasteiger partial charge on any atom is -0.341 e. The van der Waals surface area contributed by atoms with Gasteiger partial charge in [0.2, 0.25) is 5.91 Å². The molecule has 0 saturated heterocycles. The Balaban J connectivity index is 2.26. The number of urea groups is 1. The molecule has 0 heterocycles. The van der Waals surface area contributed by atoms with Crippen molar-refractivity contribution in [3.05, 3.63) is 69.7 Å². The second kappa shape index (κ2) is 8.85. The molecule has 2 atom stereocenters. The van der Waals surface area contributed by atoms with Gasteiger partial charge in [0.05, 0.1) is 0 Å². The number of imide groups is 1. The van der Waals surface area contributed by atoms with E-state index in [1.807, 2.05) is 37.3 Å². The Kier molecular flexibility index (Phi) is 6.82. The molecule has 0 aliphatic rings. The smallest absolute Gasteiger partial charge is 0.321 e. The molecular formula is C18H19Cl2N3O2. The van der Waals surface area contributed by atoms with E-state index in [2.05, 4.69) is 16.0 Å². The van der Waals surface area contributed by atoms with E-state index < -0.39 is 18.0 Å². The molecule has 7 heteroatoms. The summed E-state index contributed by atoms with van der Waals surface area (Å²) in [5.41, 5.74) is 1.54. The predicted octanol–water partition coefficient (Wildman–Crippen LogP) is 3.84. The highest BCUT2D eigenvalue weighted by Crippen LogP contribution is 2.28. The van der Waals surface area contributed by atoms with E-state index in [0.29, 0.717) is 10.0 Å². The summed E-state index contributed by atoms with van der Waals surface area (Å²) in [4.78, 5) is 24.0. The molecule has 0 aliphatic heterocycles. The summed E-state index contributed by atoms with van der Waals surface area (Å²) in [5, 5.41) is 8.94. The predicted molar refractivity (Wildman–Crippen MR) is 99.8 cm³/mol. The lowest BCUT2D eigenvalue weighted by molar-refractivity contribution is -0.122. The van der Waals surface area contributed by atoms with Crippen LogP contribution >= 0.6 is 23.2 Å². The number of benzene rings is 2. The van der Waals surface area contributed by atoms with Crippen molar-refractivity contribution in [3.63, 3.8) is 0 Å². The summed E-state index contributed by atoms with van der Waals surface area (Å²) in [7, 11) is 1.45. The summed E-state index contributed by atoms with van der Waals surface area (Å²) in [5.74, 6) is -0.456. The van der Waals surface area contributed by atoms with Crippen LogP contribution in [-0.4, -0.2) is 19.0 Å². The first kappa shape index (κ1) is 19.2. The summed E-state index contributed by atoms with van der Waals surface area (Å²) in [6.45, 7) is 1.89. The Bertz CT molecular complexity index is 753. The maximum Gasteiger partial charge on any atom is 0.321 e. The summed E-state index contributed by atoms with van der Waals surface area (Å²) in [6, 6.07) is 12.8. The summed E-state index contributed by atoms with van der Waals surface area (Å²) < 4.78 is 0. The maximum absolute atomic E-state index is 12.5. The minimum absolute atomic E-state index is 0.245. The van der Waals surface area contributed by atoms with E-state index in [0.717, 1.165) is 11.1 Å². The fourth-order valence-electron chi connectivity index (χ4n) is 2.41. The second-order valence-electron chi connectivity index (χ2n) is 5.47. The van der Waals surface area contributed by atoms with Crippen molar-refractivity contribution in [3.8, 4) is 0 Å². The highest BCUT2D eigenvalue weighted by molar-refractivity contribution is 6.35. The van der Waals surface area contributed by atoms with Crippen LogP contribution < -0.4 is 16.0 Å². The molecule has 0 radical (unpaired) electrons. The standard InChI is InChI=1S/C18H19Cl2N3O2/c1-11(14-9-8-13(19)10-15(14)20)22-16(12-6-4-3-5-7-12)17(24)23-18(25)21-2/h3-11,16,22H,1-2H3,(H2,21,23,24,25)/t11-,16-/m1/s1. The molecule has 2 aromatic rings. The van der Waals surface area contributed by atoms with Crippen molar-refractivity contribution in [2.24, 2.45) is 0 Å². The third-order valence-corrected chi connectivity index (χ3v) is 4.27. The van der Waals surface area contributed by atoms with Gasteiger partial charge in [0.15, 0.2) is 0 Å². The number of nitrogens with one attached hydrogen (secondary N) is 3. The highest BCUT2D eigenvalue weighted by Gasteiger charge is 2.24. The SMILES string of the molecule is CNC(=O)NC(=O)[C@H](N[C@H](C)c1ccc(Cl)cc1Cl)c1ccccc1. The van der Waals surface area contributed by atoms with E-state index in [1.165, 1.54) is 7.05 Å². The quantitative estimate of drug-likeness (QED) is 0.738. The number of rotatable bonds is 5. The molecule has 0 fully saturated rings. The van der Waals surface area contributed by atoms with Crippen molar-refractivity contribution in [1.82, 2.24) is 16.0 Å². The van der Waals surface area contributed by atoms with Gasteiger partial charge in [0, 0.05) is 23.1 Å². The van der Waals surface area contributed by atoms with Gasteiger partial charge in [-0.05, 0) is 30.2 Å². The maximum atomic E-state index is 12.5. The van der Waals surface area contributed by atoms with Gasteiger partial charge in [0.1, 0.15) is 6.04 Å². The number of halogens is 2. The third-order valence-electron chi connectivity index (χ3n) is 3.70. The molecule has 2 rings (SSSR count). The zero-order chi connectivity index (χ0) is 18.4. The highest BCUT2D eigenvalue weighted by atomic mass is 35.5. The Morgan fingerprint density at radius 2 is 1.72 bits per heavy atom. The zero-order valence-corrected chi connectivity index (χ0v) is 15.4. The Labute approximate surface area is 156 Å². The number of hydrogen-bond acceptors (Lipinski definition) is 3. The largest absolute Gasteiger partial charge is 0.341 e. The number of hydrogen-bond donors (Lipinski definition) is 3. The number of carbonyl (C=O) groups is 2. The lowest BCUT2D eigenvalue weighted by Crippen LogP contribution is -2.44. The Morgan fingerprint density at radius 3 is 2.32 bits per heavy atom. The van der Waals surface area contributed by atoms with Gasteiger partial charge in [-0.3, -0.25) is 15.4 Å². The molecule has 0 unspecified atom stereocenters. The van der Waals surface area contributed by atoms with Gasteiger partial charge in [0.25, 0.3) is 0 Å². The van der Waals surface area contributed by atoms with E-state index in [1.54, 1.807) is 18.2 Å². The van der Waals surface area contributed by atoms with Crippen LogP contribution in [0, 0.1) is 0 Å². The van der Waals surface area contributed by atoms with Crippen LogP contribution in [0.3, 0.4) is 0 Å². The van der Waals surface area contributed by atoms with Crippen LogP contribution in [0.2, 0.25) is 10.0 Å². The topological polar surface area (TPSA) is 70.2 Å². The summed E-state index contributed by atoms with van der Waals surface area (Å²) in [6.07, 6.45) is 0. The van der Waals surface area contributed by atoms with Crippen LogP contribution in [0.25, 0.3) is 0 Å². The molecule has 2 aromatic carbocycles. The van der Waals surface area contributed by atoms with Gasteiger partial charge in [-0.2, -0.15) is 0 Å². The monoisotopic (exact) mass is 379 g/mol. The molecule has 25 heavy (non-hydrogen) atoms. The molecule has 0 saturated carbocycles. The fourth-order valence-corrected chi connectivity index (χ4v) is 2.98. The molecule has 3 N–H and O–H groups in total. The zero-order valence-electron chi connectivity index (χ0n) is 13.8. The van der Waals surface area contributed by atoms with E-state index in [4.69, 9.17) is 23.2 Å². The number of carbonyl (C=O) groups excluding carboxylic acids is 2. The molecule has 5 nitrogen and oxygen atoms in total. The van der Waals surface area contributed by atoms with E-state index in [9.17, 15) is 9.59 Å².